The topological polar surface area (TPSA) is 15.7 Å². The van der Waals surface area contributed by atoms with E-state index in [1.54, 1.807) is 4.88 Å². The minimum atomic E-state index is 0.449. The van der Waals surface area contributed by atoms with Crippen LogP contribution in [0.15, 0.2) is 11.4 Å². The Morgan fingerprint density at radius 2 is 2.10 bits per heavy atom. The first-order valence-electron chi connectivity index (χ1n) is 8.12. The summed E-state index contributed by atoms with van der Waals surface area (Å²) in [6.45, 7) is 6.74. The van der Waals surface area contributed by atoms with E-state index in [0.29, 0.717) is 11.6 Å². The van der Waals surface area contributed by atoms with E-state index >= 15 is 0 Å². The first-order chi connectivity index (χ1) is 10.1. The summed E-state index contributed by atoms with van der Waals surface area (Å²) < 4.78 is 5.38. The molecule has 0 saturated carbocycles. The number of ether oxygens (including phenoxy) is 1. The minimum Gasteiger partial charge on any atom is -0.383 e. The normalized spacial score (nSPS) is 26.7. The Morgan fingerprint density at radius 3 is 2.71 bits per heavy atom. The average Bonchev–Trinajstić information content (AvgIpc) is 3.01. The van der Waals surface area contributed by atoms with E-state index in [2.05, 4.69) is 35.2 Å². The van der Waals surface area contributed by atoms with Crippen molar-refractivity contribution in [1.82, 2.24) is 9.80 Å². The molecule has 1 atom stereocenters. The summed E-state index contributed by atoms with van der Waals surface area (Å²) in [7, 11) is 4.14. The van der Waals surface area contributed by atoms with Crippen molar-refractivity contribution in [1.29, 1.82) is 0 Å². The van der Waals surface area contributed by atoms with Crippen molar-refractivity contribution in [2.75, 3.05) is 33.9 Å². The van der Waals surface area contributed by atoms with Crippen molar-refractivity contribution in [3.8, 4) is 0 Å². The maximum atomic E-state index is 5.38. The molecule has 1 aromatic rings. The van der Waals surface area contributed by atoms with E-state index in [-0.39, 0.29) is 0 Å². The van der Waals surface area contributed by atoms with Gasteiger partial charge >= 0.3 is 0 Å². The second kappa shape index (κ2) is 6.37. The number of likely N-dealkylation sites (N-methyl/N-ethyl adjacent to an activating group) is 1. The number of aryl methyl sites for hydroxylation is 1. The van der Waals surface area contributed by atoms with Gasteiger partial charge < -0.3 is 4.74 Å². The highest BCUT2D eigenvalue weighted by molar-refractivity contribution is 7.10. The lowest BCUT2D eigenvalue weighted by Crippen LogP contribution is -2.52. The van der Waals surface area contributed by atoms with E-state index < -0.39 is 0 Å². The maximum Gasteiger partial charge on any atom is 0.0618 e. The quantitative estimate of drug-likeness (QED) is 0.850. The molecule has 0 amide bonds. The third-order valence-corrected chi connectivity index (χ3v) is 6.73. The average molecular weight is 308 g/mol. The summed E-state index contributed by atoms with van der Waals surface area (Å²) in [6.07, 6.45) is 5.28. The van der Waals surface area contributed by atoms with Gasteiger partial charge in [-0.05, 0) is 56.7 Å². The van der Waals surface area contributed by atoms with Crippen LogP contribution in [-0.4, -0.2) is 55.2 Å². The van der Waals surface area contributed by atoms with E-state index in [1.807, 2.05) is 18.4 Å². The monoisotopic (exact) mass is 308 g/mol. The summed E-state index contributed by atoms with van der Waals surface area (Å²) in [6, 6.07) is 2.87. The molecular formula is C17H28N2OS. The third-order valence-electron chi connectivity index (χ3n) is 5.72. The molecule has 2 aliphatic heterocycles. The number of nitrogens with zero attached hydrogens (tertiary/aromatic N) is 2. The number of methoxy groups -OCH3 is 1. The zero-order valence-electron chi connectivity index (χ0n) is 13.6. The molecule has 21 heavy (non-hydrogen) atoms. The molecule has 0 aromatic carbocycles. The van der Waals surface area contributed by atoms with Crippen LogP contribution >= 0.6 is 11.3 Å². The summed E-state index contributed by atoms with van der Waals surface area (Å²) in [5.41, 5.74) is 1.91. The van der Waals surface area contributed by atoms with Gasteiger partial charge in [-0.2, -0.15) is 0 Å². The Bertz CT molecular complexity index is 465. The standard InChI is InChI=1S/C17H28N2OS/c1-14-5-11-21-16(14)12-19-9-7-17(8-10-19)6-4-15(13-20-3)18(17)2/h5,11,15H,4,6-10,12-13H2,1-3H3/t15-/m0/s1. The zero-order valence-corrected chi connectivity index (χ0v) is 14.4. The maximum absolute atomic E-state index is 5.38. The van der Waals surface area contributed by atoms with E-state index in [0.717, 1.165) is 13.2 Å². The SMILES string of the molecule is COC[C@@H]1CCC2(CCN(Cc3sccc3C)CC2)N1C. The molecule has 0 bridgehead atoms. The highest BCUT2D eigenvalue weighted by Gasteiger charge is 2.45. The molecule has 2 fully saturated rings. The summed E-state index contributed by atoms with van der Waals surface area (Å²) in [5.74, 6) is 0. The van der Waals surface area contributed by atoms with Crippen LogP contribution in [0.25, 0.3) is 0 Å². The number of thiophene rings is 1. The molecule has 118 valence electrons. The fourth-order valence-corrected chi connectivity index (χ4v) is 5.03. The van der Waals surface area contributed by atoms with Crippen LogP contribution in [0.2, 0.25) is 0 Å². The van der Waals surface area contributed by atoms with Crippen molar-refractivity contribution < 1.29 is 4.74 Å². The second-order valence-electron chi connectivity index (χ2n) is 6.79. The Balaban J connectivity index is 1.57. The van der Waals surface area contributed by atoms with Crippen molar-refractivity contribution in [3.63, 3.8) is 0 Å². The number of hydrogen-bond donors (Lipinski definition) is 0. The molecule has 0 unspecified atom stereocenters. The van der Waals surface area contributed by atoms with E-state index in [1.165, 1.54) is 44.3 Å². The number of rotatable bonds is 4. The number of likely N-dealkylation sites (tertiary alicyclic amines) is 2. The molecule has 2 saturated heterocycles. The predicted octanol–water partition coefficient (Wildman–Crippen LogP) is 3.13. The summed E-state index contributed by atoms with van der Waals surface area (Å²) in [5, 5.41) is 2.22. The van der Waals surface area contributed by atoms with Crippen LogP contribution in [0.3, 0.4) is 0 Å². The minimum absolute atomic E-state index is 0.449. The van der Waals surface area contributed by atoms with Crippen LogP contribution in [0.1, 0.15) is 36.1 Å². The summed E-state index contributed by atoms with van der Waals surface area (Å²) in [4.78, 5) is 6.81. The van der Waals surface area contributed by atoms with E-state index in [9.17, 15) is 0 Å². The molecule has 1 spiro atoms. The molecule has 2 aliphatic rings. The fourth-order valence-electron chi connectivity index (χ4n) is 4.08. The highest BCUT2D eigenvalue weighted by atomic mass is 32.1. The van der Waals surface area contributed by atoms with Gasteiger partial charge in [0.2, 0.25) is 0 Å². The van der Waals surface area contributed by atoms with Crippen molar-refractivity contribution in [3.05, 3.63) is 21.9 Å². The van der Waals surface area contributed by atoms with Crippen LogP contribution in [0, 0.1) is 6.92 Å². The molecule has 3 nitrogen and oxygen atoms in total. The van der Waals surface area contributed by atoms with Crippen molar-refractivity contribution in [2.45, 2.75) is 50.7 Å². The van der Waals surface area contributed by atoms with E-state index in [4.69, 9.17) is 4.74 Å². The van der Waals surface area contributed by atoms with Gasteiger partial charge in [-0.1, -0.05) is 0 Å². The molecule has 0 radical (unpaired) electrons. The van der Waals surface area contributed by atoms with Crippen LogP contribution in [0.5, 0.6) is 0 Å². The van der Waals surface area contributed by atoms with Crippen LogP contribution < -0.4 is 0 Å². The van der Waals surface area contributed by atoms with Gasteiger partial charge in [-0.15, -0.1) is 11.3 Å². The van der Waals surface area contributed by atoms with Gasteiger partial charge in [0.25, 0.3) is 0 Å². The Labute approximate surface area is 132 Å². The first-order valence-corrected chi connectivity index (χ1v) is 9.00. The van der Waals surface area contributed by atoms with Gasteiger partial charge in [0, 0.05) is 43.2 Å². The largest absolute Gasteiger partial charge is 0.383 e. The van der Waals surface area contributed by atoms with Gasteiger partial charge in [0.05, 0.1) is 6.61 Å². The molecular weight excluding hydrogens is 280 g/mol. The van der Waals surface area contributed by atoms with Gasteiger partial charge in [-0.25, -0.2) is 0 Å². The Hall–Kier alpha value is -0.420. The number of piperidine rings is 1. The molecule has 3 rings (SSSR count). The van der Waals surface area contributed by atoms with Crippen LogP contribution in [0.4, 0.5) is 0 Å². The third kappa shape index (κ3) is 3.04. The zero-order chi connectivity index (χ0) is 14.9. The first kappa shape index (κ1) is 15.5. The van der Waals surface area contributed by atoms with Crippen molar-refractivity contribution >= 4 is 11.3 Å². The molecule has 0 aliphatic carbocycles. The molecule has 4 heteroatoms. The molecule has 0 N–H and O–H groups in total. The van der Waals surface area contributed by atoms with Gasteiger partial charge in [-0.3, -0.25) is 9.80 Å². The fraction of sp³-hybridized carbons (Fsp3) is 0.765. The lowest BCUT2D eigenvalue weighted by Gasteiger charge is -2.45. The van der Waals surface area contributed by atoms with Crippen LogP contribution in [-0.2, 0) is 11.3 Å². The smallest absolute Gasteiger partial charge is 0.0618 e. The lowest BCUT2D eigenvalue weighted by molar-refractivity contribution is 0.0284. The van der Waals surface area contributed by atoms with Gasteiger partial charge in [0.15, 0.2) is 0 Å². The lowest BCUT2D eigenvalue weighted by atomic mass is 9.85. The Morgan fingerprint density at radius 1 is 1.33 bits per heavy atom. The number of hydrogen-bond acceptors (Lipinski definition) is 4. The molecule has 1 aromatic heterocycles. The second-order valence-corrected chi connectivity index (χ2v) is 7.79. The molecule has 3 heterocycles. The van der Waals surface area contributed by atoms with Crippen molar-refractivity contribution in [2.24, 2.45) is 0 Å². The Kier molecular flexibility index (Phi) is 4.69. The van der Waals surface area contributed by atoms with Gasteiger partial charge in [0.1, 0.15) is 0 Å². The highest BCUT2D eigenvalue weighted by Crippen LogP contribution is 2.40. The summed E-state index contributed by atoms with van der Waals surface area (Å²) >= 11 is 1.91. The predicted molar refractivity (Wildman–Crippen MR) is 89.0 cm³/mol.